The van der Waals surface area contributed by atoms with Crippen LogP contribution in [0.2, 0.25) is 0 Å². The summed E-state index contributed by atoms with van der Waals surface area (Å²) in [6.45, 7) is 10.5. The molecule has 1 atom stereocenters. The molecule has 0 amide bonds. The van der Waals surface area contributed by atoms with E-state index in [0.29, 0.717) is 6.04 Å². The highest BCUT2D eigenvalue weighted by Crippen LogP contribution is 2.29. The van der Waals surface area contributed by atoms with Gasteiger partial charge < -0.3 is 10.0 Å². The van der Waals surface area contributed by atoms with E-state index in [0.717, 1.165) is 43.8 Å². The molecule has 1 aromatic carbocycles. The van der Waals surface area contributed by atoms with Crippen molar-refractivity contribution in [2.45, 2.75) is 33.2 Å². The second-order valence-corrected chi connectivity index (χ2v) is 7.19. The molecule has 1 aromatic heterocycles. The lowest BCUT2D eigenvalue weighted by Gasteiger charge is -2.42. The van der Waals surface area contributed by atoms with Crippen LogP contribution in [-0.2, 0) is 0 Å². The van der Waals surface area contributed by atoms with E-state index in [1.54, 1.807) is 0 Å². The number of rotatable bonds is 5. The van der Waals surface area contributed by atoms with Gasteiger partial charge in [-0.2, -0.15) is 0 Å². The fourth-order valence-corrected chi connectivity index (χ4v) is 3.62. The smallest absolute Gasteiger partial charge is 0.0726 e. The first-order chi connectivity index (χ1) is 12.1. The SMILES string of the molecule is CC(C)=CCN1CCN(c2cc(C)nc3ccccc23)CC1CCO. The molecule has 25 heavy (non-hydrogen) atoms. The summed E-state index contributed by atoms with van der Waals surface area (Å²) in [5.41, 5.74) is 4.73. The zero-order valence-corrected chi connectivity index (χ0v) is 15.6. The van der Waals surface area contributed by atoms with Gasteiger partial charge >= 0.3 is 0 Å². The van der Waals surface area contributed by atoms with Gasteiger partial charge in [0.25, 0.3) is 0 Å². The minimum absolute atomic E-state index is 0.236. The standard InChI is InChI=1S/C21H29N3O/c1-16(2)8-10-23-11-12-24(15-18(23)9-13-25)21-14-17(3)22-20-7-5-4-6-19(20)21/h4-8,14,18,25H,9-13,15H2,1-3H3. The quantitative estimate of drug-likeness (QED) is 0.848. The van der Waals surface area contributed by atoms with Crippen LogP contribution in [0.25, 0.3) is 10.9 Å². The Morgan fingerprint density at radius 1 is 1.28 bits per heavy atom. The number of aromatic nitrogens is 1. The molecule has 3 rings (SSSR count). The molecule has 1 aliphatic rings. The Kier molecular flexibility index (Phi) is 5.71. The largest absolute Gasteiger partial charge is 0.396 e. The van der Waals surface area contributed by atoms with Gasteiger partial charge in [0.05, 0.1) is 5.52 Å². The van der Waals surface area contributed by atoms with Crippen molar-refractivity contribution in [1.82, 2.24) is 9.88 Å². The summed E-state index contributed by atoms with van der Waals surface area (Å²) < 4.78 is 0. The van der Waals surface area contributed by atoms with Gasteiger partial charge in [0.2, 0.25) is 0 Å². The first kappa shape index (κ1) is 17.9. The summed E-state index contributed by atoms with van der Waals surface area (Å²) >= 11 is 0. The first-order valence-electron chi connectivity index (χ1n) is 9.18. The molecule has 1 aliphatic heterocycles. The van der Waals surface area contributed by atoms with Crippen LogP contribution >= 0.6 is 0 Å². The van der Waals surface area contributed by atoms with Crippen molar-refractivity contribution in [2.75, 3.05) is 37.7 Å². The number of pyridine rings is 1. The third kappa shape index (κ3) is 4.20. The van der Waals surface area contributed by atoms with Gasteiger partial charge in [0, 0.05) is 55.6 Å². The number of aliphatic hydroxyl groups excluding tert-OH is 1. The molecule has 2 aromatic rings. The lowest BCUT2D eigenvalue weighted by atomic mass is 10.1. The number of allylic oxidation sites excluding steroid dienone is 1. The topological polar surface area (TPSA) is 39.6 Å². The van der Waals surface area contributed by atoms with Crippen molar-refractivity contribution >= 4 is 16.6 Å². The van der Waals surface area contributed by atoms with E-state index in [4.69, 9.17) is 0 Å². The fourth-order valence-electron chi connectivity index (χ4n) is 3.62. The Balaban J connectivity index is 1.86. The van der Waals surface area contributed by atoms with Gasteiger partial charge in [0.15, 0.2) is 0 Å². The summed E-state index contributed by atoms with van der Waals surface area (Å²) in [5.74, 6) is 0. The predicted molar refractivity (Wildman–Crippen MR) is 105 cm³/mol. The minimum atomic E-state index is 0.236. The Morgan fingerprint density at radius 2 is 2.08 bits per heavy atom. The van der Waals surface area contributed by atoms with Gasteiger partial charge in [-0.25, -0.2) is 0 Å². The summed E-state index contributed by atoms with van der Waals surface area (Å²) in [6, 6.07) is 10.9. The maximum Gasteiger partial charge on any atom is 0.0726 e. The average molecular weight is 339 g/mol. The Morgan fingerprint density at radius 3 is 2.84 bits per heavy atom. The van der Waals surface area contributed by atoms with Crippen LogP contribution in [0, 0.1) is 6.92 Å². The molecule has 4 nitrogen and oxygen atoms in total. The van der Waals surface area contributed by atoms with E-state index < -0.39 is 0 Å². The van der Waals surface area contributed by atoms with E-state index >= 15 is 0 Å². The van der Waals surface area contributed by atoms with E-state index in [9.17, 15) is 5.11 Å². The van der Waals surface area contributed by atoms with E-state index in [2.05, 4.69) is 65.9 Å². The third-order valence-corrected chi connectivity index (χ3v) is 4.96. The highest BCUT2D eigenvalue weighted by molar-refractivity contribution is 5.92. The van der Waals surface area contributed by atoms with E-state index in [1.165, 1.54) is 16.6 Å². The maximum atomic E-state index is 9.52. The van der Waals surface area contributed by atoms with Crippen molar-refractivity contribution in [3.8, 4) is 0 Å². The summed E-state index contributed by atoms with van der Waals surface area (Å²) in [7, 11) is 0. The Labute approximate surface area is 150 Å². The van der Waals surface area contributed by atoms with Crippen molar-refractivity contribution in [2.24, 2.45) is 0 Å². The highest BCUT2D eigenvalue weighted by atomic mass is 16.3. The molecule has 0 radical (unpaired) electrons. The van der Waals surface area contributed by atoms with Gasteiger partial charge in [-0.15, -0.1) is 0 Å². The van der Waals surface area contributed by atoms with Crippen molar-refractivity contribution in [3.05, 3.63) is 47.7 Å². The second kappa shape index (κ2) is 7.98. The first-order valence-corrected chi connectivity index (χ1v) is 9.18. The molecule has 1 N–H and O–H groups in total. The summed E-state index contributed by atoms with van der Waals surface area (Å²) in [4.78, 5) is 9.63. The van der Waals surface area contributed by atoms with Crippen molar-refractivity contribution in [1.29, 1.82) is 0 Å². The molecule has 0 aliphatic carbocycles. The molecule has 1 fully saturated rings. The van der Waals surface area contributed by atoms with Crippen LogP contribution in [0.5, 0.6) is 0 Å². The molecule has 0 saturated carbocycles. The predicted octanol–water partition coefficient (Wildman–Crippen LogP) is 3.38. The van der Waals surface area contributed by atoms with Crippen molar-refractivity contribution < 1.29 is 5.11 Å². The lowest BCUT2D eigenvalue weighted by molar-refractivity contribution is 0.155. The number of aryl methyl sites for hydroxylation is 1. The molecule has 1 saturated heterocycles. The van der Waals surface area contributed by atoms with Gasteiger partial charge in [0.1, 0.15) is 0 Å². The van der Waals surface area contributed by atoms with Crippen LogP contribution in [0.1, 0.15) is 26.0 Å². The molecule has 0 spiro atoms. The number of hydrogen-bond acceptors (Lipinski definition) is 4. The number of anilines is 1. The molecule has 4 heteroatoms. The third-order valence-electron chi connectivity index (χ3n) is 4.96. The van der Waals surface area contributed by atoms with E-state index in [1.807, 2.05) is 6.07 Å². The molecular formula is C21H29N3O. The number of nitrogens with zero attached hydrogens (tertiary/aromatic N) is 3. The number of benzene rings is 1. The fraction of sp³-hybridized carbons (Fsp3) is 0.476. The number of piperazine rings is 1. The molecule has 0 bridgehead atoms. The monoisotopic (exact) mass is 339 g/mol. The molecular weight excluding hydrogens is 310 g/mol. The maximum absolute atomic E-state index is 9.52. The average Bonchev–Trinajstić information content (AvgIpc) is 2.60. The van der Waals surface area contributed by atoms with Crippen molar-refractivity contribution in [3.63, 3.8) is 0 Å². The van der Waals surface area contributed by atoms with Crippen LogP contribution in [-0.4, -0.2) is 53.8 Å². The van der Waals surface area contributed by atoms with Gasteiger partial charge in [-0.05, 0) is 39.3 Å². The highest BCUT2D eigenvalue weighted by Gasteiger charge is 2.27. The van der Waals surface area contributed by atoms with Gasteiger partial charge in [-0.3, -0.25) is 9.88 Å². The van der Waals surface area contributed by atoms with Crippen LogP contribution < -0.4 is 4.90 Å². The summed E-state index contributed by atoms with van der Waals surface area (Å²) in [5, 5.41) is 10.7. The number of fused-ring (bicyclic) bond motifs is 1. The number of para-hydroxylation sites is 1. The number of aliphatic hydroxyl groups is 1. The second-order valence-electron chi connectivity index (χ2n) is 7.19. The Hall–Kier alpha value is -1.91. The molecule has 1 unspecified atom stereocenters. The molecule has 134 valence electrons. The zero-order chi connectivity index (χ0) is 17.8. The lowest BCUT2D eigenvalue weighted by Crippen LogP contribution is -2.53. The van der Waals surface area contributed by atoms with Gasteiger partial charge in [-0.1, -0.05) is 29.8 Å². The molecule has 2 heterocycles. The van der Waals surface area contributed by atoms with Crippen LogP contribution in [0.3, 0.4) is 0 Å². The van der Waals surface area contributed by atoms with E-state index in [-0.39, 0.29) is 6.61 Å². The summed E-state index contributed by atoms with van der Waals surface area (Å²) in [6.07, 6.45) is 3.10. The number of hydrogen-bond donors (Lipinski definition) is 1. The van der Waals surface area contributed by atoms with Crippen LogP contribution in [0.4, 0.5) is 5.69 Å². The van der Waals surface area contributed by atoms with Crippen LogP contribution in [0.15, 0.2) is 42.0 Å². The Bertz CT molecular complexity index is 752. The zero-order valence-electron chi connectivity index (χ0n) is 15.6. The normalized spacial score (nSPS) is 18.6. The minimum Gasteiger partial charge on any atom is -0.396 e.